The first-order chi connectivity index (χ1) is 11.8. The summed E-state index contributed by atoms with van der Waals surface area (Å²) in [5.41, 5.74) is 0.333. The molecule has 0 saturated carbocycles. The number of rotatable bonds is 7. The van der Waals surface area contributed by atoms with E-state index in [1.807, 2.05) is 0 Å². The first kappa shape index (κ1) is 19.5. The lowest BCUT2D eigenvalue weighted by Crippen LogP contribution is -2.35. The molecular weight excluding hydrogens is 362 g/mol. The van der Waals surface area contributed by atoms with Gasteiger partial charge in [-0.3, -0.25) is 4.79 Å². The molecule has 1 aliphatic heterocycles. The van der Waals surface area contributed by atoms with Gasteiger partial charge in [0, 0.05) is 16.7 Å². The van der Waals surface area contributed by atoms with Gasteiger partial charge in [-0.1, -0.05) is 18.2 Å². The van der Waals surface area contributed by atoms with Crippen molar-refractivity contribution in [1.82, 2.24) is 5.32 Å². The lowest BCUT2D eigenvalue weighted by molar-refractivity contribution is -0.128. The van der Waals surface area contributed by atoms with Gasteiger partial charge in [-0.2, -0.15) is 0 Å². The van der Waals surface area contributed by atoms with Gasteiger partial charge in [0.05, 0.1) is 17.1 Å². The summed E-state index contributed by atoms with van der Waals surface area (Å²) in [5.74, 6) is -0.718. The molecule has 0 radical (unpaired) electrons. The highest BCUT2D eigenvalue weighted by molar-refractivity contribution is 8.02. The van der Waals surface area contributed by atoms with Gasteiger partial charge in [0.2, 0.25) is 0 Å². The van der Waals surface area contributed by atoms with Crippen molar-refractivity contribution in [2.45, 2.75) is 29.6 Å². The van der Waals surface area contributed by atoms with Gasteiger partial charge in [-0.25, -0.2) is 13.2 Å². The number of benzene rings is 1. The van der Waals surface area contributed by atoms with E-state index in [1.54, 1.807) is 24.3 Å². The summed E-state index contributed by atoms with van der Waals surface area (Å²) >= 11 is 1.36. The zero-order chi connectivity index (χ0) is 18.4. The summed E-state index contributed by atoms with van der Waals surface area (Å²) in [6.45, 7) is 5.29. The van der Waals surface area contributed by atoms with Crippen LogP contribution in [0.15, 0.2) is 41.8 Å². The first-order valence-corrected chi connectivity index (χ1v) is 10.6. The van der Waals surface area contributed by atoms with E-state index < -0.39 is 27.8 Å². The van der Waals surface area contributed by atoms with Crippen molar-refractivity contribution in [2.24, 2.45) is 0 Å². The maximum Gasteiger partial charge on any atom is 0.340 e. The normalized spacial score (nSPS) is 19.8. The van der Waals surface area contributed by atoms with Crippen LogP contribution in [0.2, 0.25) is 0 Å². The standard InChI is InChI=1S/C17H21NO5S2/c1-3-9-18-16(19)12(2)23-17(20)14-6-4-5-7-15(14)24-13-8-10-25(21,22)11-13/h3-7,12-13H,1,8-11H2,2H3,(H,18,19)/t12-,13+/m1/s1. The molecule has 1 N–H and O–H groups in total. The van der Waals surface area contributed by atoms with Crippen molar-refractivity contribution >= 4 is 33.5 Å². The van der Waals surface area contributed by atoms with E-state index in [9.17, 15) is 18.0 Å². The zero-order valence-corrected chi connectivity index (χ0v) is 15.6. The van der Waals surface area contributed by atoms with Gasteiger partial charge < -0.3 is 10.1 Å². The summed E-state index contributed by atoms with van der Waals surface area (Å²) in [7, 11) is -2.99. The molecule has 2 rings (SSSR count). The minimum absolute atomic E-state index is 0.0766. The monoisotopic (exact) mass is 383 g/mol. The quantitative estimate of drug-likeness (QED) is 0.571. The maximum atomic E-state index is 12.4. The summed E-state index contributed by atoms with van der Waals surface area (Å²) in [6, 6.07) is 6.86. The molecule has 1 heterocycles. The third kappa shape index (κ3) is 5.61. The Labute approximate surface area is 151 Å². The van der Waals surface area contributed by atoms with Crippen LogP contribution in [0.5, 0.6) is 0 Å². The smallest absolute Gasteiger partial charge is 0.340 e. The molecule has 0 unspecified atom stereocenters. The highest BCUT2D eigenvalue weighted by Gasteiger charge is 2.30. The van der Waals surface area contributed by atoms with Crippen LogP contribution in [0, 0.1) is 0 Å². The minimum atomic E-state index is -2.99. The van der Waals surface area contributed by atoms with Crippen molar-refractivity contribution in [2.75, 3.05) is 18.1 Å². The molecule has 2 atom stereocenters. The maximum absolute atomic E-state index is 12.4. The van der Waals surface area contributed by atoms with E-state index in [2.05, 4.69) is 11.9 Å². The second-order valence-corrected chi connectivity index (χ2v) is 9.29. The SMILES string of the molecule is C=CCNC(=O)[C@@H](C)OC(=O)c1ccccc1S[C@H]1CCS(=O)(=O)C1. The van der Waals surface area contributed by atoms with Crippen LogP contribution in [0.3, 0.4) is 0 Å². The Balaban J connectivity index is 2.05. The topological polar surface area (TPSA) is 89.5 Å². The number of ether oxygens (including phenoxy) is 1. The fraction of sp³-hybridized carbons (Fsp3) is 0.412. The number of nitrogens with one attached hydrogen (secondary N) is 1. The van der Waals surface area contributed by atoms with Crippen molar-refractivity contribution in [3.8, 4) is 0 Å². The Kier molecular flexibility index (Phi) is 6.66. The molecule has 1 aromatic carbocycles. The molecule has 1 aromatic rings. The number of esters is 1. The largest absolute Gasteiger partial charge is 0.449 e. The highest BCUT2D eigenvalue weighted by atomic mass is 32.2. The van der Waals surface area contributed by atoms with Crippen molar-refractivity contribution in [3.05, 3.63) is 42.5 Å². The summed E-state index contributed by atoms with van der Waals surface area (Å²) < 4.78 is 28.4. The number of thioether (sulfide) groups is 1. The van der Waals surface area contributed by atoms with Gasteiger partial charge in [0.25, 0.3) is 5.91 Å². The molecule has 136 valence electrons. The van der Waals surface area contributed by atoms with E-state index >= 15 is 0 Å². The fourth-order valence-corrected chi connectivity index (χ4v) is 5.98. The van der Waals surface area contributed by atoms with Crippen LogP contribution >= 0.6 is 11.8 Å². The molecule has 0 spiro atoms. The molecule has 0 aromatic heterocycles. The lowest BCUT2D eigenvalue weighted by atomic mass is 10.2. The number of sulfone groups is 1. The van der Waals surface area contributed by atoms with Gasteiger partial charge in [0.1, 0.15) is 0 Å². The summed E-state index contributed by atoms with van der Waals surface area (Å²) in [6.07, 6.45) is 1.17. The van der Waals surface area contributed by atoms with Gasteiger partial charge >= 0.3 is 5.97 Å². The second kappa shape index (κ2) is 8.53. The van der Waals surface area contributed by atoms with Crippen LogP contribution < -0.4 is 5.32 Å². The van der Waals surface area contributed by atoms with Crippen LogP contribution in [0.25, 0.3) is 0 Å². The van der Waals surface area contributed by atoms with Gasteiger partial charge in [-0.15, -0.1) is 18.3 Å². The third-order valence-corrected chi connectivity index (χ3v) is 6.99. The van der Waals surface area contributed by atoms with E-state index in [0.717, 1.165) is 0 Å². The average molecular weight is 383 g/mol. The number of hydrogen-bond acceptors (Lipinski definition) is 6. The molecule has 25 heavy (non-hydrogen) atoms. The third-order valence-electron chi connectivity index (χ3n) is 3.66. The molecule has 8 heteroatoms. The van der Waals surface area contributed by atoms with Crippen LogP contribution in [0.1, 0.15) is 23.7 Å². The number of hydrogen-bond donors (Lipinski definition) is 1. The van der Waals surface area contributed by atoms with Crippen molar-refractivity contribution in [3.63, 3.8) is 0 Å². The molecular formula is C17H21NO5S2. The predicted octanol–water partition coefficient (Wildman–Crippen LogP) is 1.81. The first-order valence-electron chi connectivity index (χ1n) is 7.88. The van der Waals surface area contributed by atoms with E-state index in [4.69, 9.17) is 4.74 Å². The fourth-order valence-electron chi connectivity index (χ4n) is 2.37. The van der Waals surface area contributed by atoms with Gasteiger partial charge in [0.15, 0.2) is 15.9 Å². The second-order valence-electron chi connectivity index (χ2n) is 5.72. The molecule has 0 bridgehead atoms. The molecule has 6 nitrogen and oxygen atoms in total. The zero-order valence-electron chi connectivity index (χ0n) is 13.9. The van der Waals surface area contributed by atoms with E-state index in [-0.39, 0.29) is 16.8 Å². The van der Waals surface area contributed by atoms with Crippen molar-refractivity contribution < 1.29 is 22.7 Å². The molecule has 1 aliphatic rings. The molecule has 1 amide bonds. The van der Waals surface area contributed by atoms with Crippen LogP contribution in [0.4, 0.5) is 0 Å². The molecule has 0 aliphatic carbocycles. The Morgan fingerprint density at radius 2 is 2.16 bits per heavy atom. The van der Waals surface area contributed by atoms with Gasteiger partial charge in [-0.05, 0) is 25.5 Å². The molecule has 1 saturated heterocycles. The number of carbonyl (C=O) groups excluding carboxylic acids is 2. The van der Waals surface area contributed by atoms with E-state index in [1.165, 1.54) is 24.8 Å². The predicted molar refractivity (Wildman–Crippen MR) is 97.4 cm³/mol. The molecule has 1 fully saturated rings. The lowest BCUT2D eigenvalue weighted by Gasteiger charge is -2.15. The Bertz CT molecular complexity index is 760. The number of carbonyl (C=O) groups is 2. The Hall–Kier alpha value is -1.80. The van der Waals surface area contributed by atoms with Crippen LogP contribution in [-0.4, -0.2) is 49.7 Å². The minimum Gasteiger partial charge on any atom is -0.449 e. The average Bonchev–Trinajstić information content (AvgIpc) is 2.91. The van der Waals surface area contributed by atoms with Crippen LogP contribution in [-0.2, 0) is 19.4 Å². The number of amides is 1. The summed E-state index contributed by atoms with van der Waals surface area (Å²) in [5, 5.41) is 2.49. The Morgan fingerprint density at radius 1 is 1.44 bits per heavy atom. The highest BCUT2D eigenvalue weighted by Crippen LogP contribution is 2.33. The van der Waals surface area contributed by atoms with Crippen molar-refractivity contribution in [1.29, 1.82) is 0 Å². The van der Waals surface area contributed by atoms with E-state index in [0.29, 0.717) is 23.4 Å². The summed E-state index contributed by atoms with van der Waals surface area (Å²) in [4.78, 5) is 24.9. The Morgan fingerprint density at radius 3 is 2.80 bits per heavy atom.